The van der Waals surface area contributed by atoms with Gasteiger partial charge in [0, 0.05) is 44.2 Å². The summed E-state index contributed by atoms with van der Waals surface area (Å²) in [5, 5.41) is 2.93. The third kappa shape index (κ3) is 6.15. The fraction of sp³-hybridized carbons (Fsp3) is 0.545. The molecular weight excluding hydrogens is 402 g/mol. The van der Waals surface area contributed by atoms with Crippen LogP contribution in [0.25, 0.3) is 6.08 Å². The standard InChI is InChI=1S/C22H33N3O4S/c1-5-25(6-2)30(28,29)20-10-7-18(8-11-20)9-12-21(26)24-15-13-19(14-16-24)22(27)23-17(3)4/h7-12,17,19H,5-6,13-16H2,1-4H3,(H,23,27)/b12-9+. The van der Waals surface area contributed by atoms with Crippen LogP contribution in [0.2, 0.25) is 0 Å². The topological polar surface area (TPSA) is 86.8 Å². The molecule has 0 saturated carbocycles. The SMILES string of the molecule is CCN(CC)S(=O)(=O)c1ccc(/C=C/C(=O)N2CCC(C(=O)NC(C)C)CC2)cc1. The first-order valence-corrected chi connectivity index (χ1v) is 12.0. The van der Waals surface area contributed by atoms with Crippen molar-refractivity contribution >= 4 is 27.9 Å². The maximum absolute atomic E-state index is 12.5. The Hall–Kier alpha value is -2.19. The molecule has 1 aromatic rings. The molecule has 166 valence electrons. The lowest BCUT2D eigenvalue weighted by atomic mass is 9.95. The number of piperidine rings is 1. The molecule has 2 rings (SSSR count). The fourth-order valence-corrected chi connectivity index (χ4v) is 4.96. The van der Waals surface area contributed by atoms with Crippen molar-refractivity contribution in [3.8, 4) is 0 Å². The highest BCUT2D eigenvalue weighted by molar-refractivity contribution is 7.89. The van der Waals surface area contributed by atoms with Gasteiger partial charge in [-0.15, -0.1) is 0 Å². The van der Waals surface area contributed by atoms with E-state index in [4.69, 9.17) is 0 Å². The van der Waals surface area contributed by atoms with Gasteiger partial charge in [0.05, 0.1) is 4.90 Å². The normalized spacial score (nSPS) is 15.9. The van der Waals surface area contributed by atoms with Crippen LogP contribution in [0.1, 0.15) is 46.1 Å². The van der Waals surface area contributed by atoms with Crippen molar-refractivity contribution < 1.29 is 18.0 Å². The molecule has 0 unspecified atom stereocenters. The molecule has 1 aliphatic heterocycles. The molecule has 8 heteroatoms. The van der Waals surface area contributed by atoms with E-state index in [1.807, 2.05) is 27.7 Å². The van der Waals surface area contributed by atoms with Crippen LogP contribution in [0, 0.1) is 5.92 Å². The Morgan fingerprint density at radius 3 is 2.20 bits per heavy atom. The number of rotatable bonds is 8. The molecule has 1 aliphatic rings. The maximum Gasteiger partial charge on any atom is 0.246 e. The summed E-state index contributed by atoms with van der Waals surface area (Å²) in [5.41, 5.74) is 0.757. The van der Waals surface area contributed by atoms with Crippen molar-refractivity contribution in [3.05, 3.63) is 35.9 Å². The third-order valence-electron chi connectivity index (χ3n) is 5.25. The van der Waals surface area contributed by atoms with Gasteiger partial charge < -0.3 is 10.2 Å². The average molecular weight is 436 g/mol. The molecule has 0 bridgehead atoms. The van der Waals surface area contributed by atoms with E-state index in [1.165, 1.54) is 10.4 Å². The predicted octanol–water partition coefficient (Wildman–Crippen LogP) is 2.49. The van der Waals surface area contributed by atoms with Crippen LogP contribution in [0.3, 0.4) is 0 Å². The van der Waals surface area contributed by atoms with Gasteiger partial charge in [-0.3, -0.25) is 9.59 Å². The van der Waals surface area contributed by atoms with Gasteiger partial charge in [0.25, 0.3) is 0 Å². The van der Waals surface area contributed by atoms with E-state index in [9.17, 15) is 18.0 Å². The Morgan fingerprint density at radius 2 is 1.70 bits per heavy atom. The van der Waals surface area contributed by atoms with Crippen LogP contribution in [-0.4, -0.2) is 61.7 Å². The van der Waals surface area contributed by atoms with E-state index >= 15 is 0 Å². The number of likely N-dealkylation sites (tertiary alicyclic amines) is 1. The molecule has 1 saturated heterocycles. The highest BCUT2D eigenvalue weighted by atomic mass is 32.2. The van der Waals surface area contributed by atoms with Crippen molar-refractivity contribution in [2.24, 2.45) is 5.92 Å². The van der Waals surface area contributed by atoms with E-state index < -0.39 is 10.0 Å². The van der Waals surface area contributed by atoms with Gasteiger partial charge >= 0.3 is 0 Å². The maximum atomic E-state index is 12.5. The van der Waals surface area contributed by atoms with Crippen molar-refractivity contribution in [3.63, 3.8) is 0 Å². The number of nitrogens with one attached hydrogen (secondary N) is 1. The Kier molecular flexibility index (Phi) is 8.61. The van der Waals surface area contributed by atoms with Crippen molar-refractivity contribution in [1.82, 2.24) is 14.5 Å². The van der Waals surface area contributed by atoms with Crippen LogP contribution in [-0.2, 0) is 19.6 Å². The average Bonchev–Trinajstić information content (AvgIpc) is 2.72. The predicted molar refractivity (Wildman–Crippen MR) is 118 cm³/mol. The van der Waals surface area contributed by atoms with Gasteiger partial charge in [-0.1, -0.05) is 26.0 Å². The molecule has 1 aromatic carbocycles. The zero-order valence-corrected chi connectivity index (χ0v) is 19.1. The Balaban J connectivity index is 1.94. The zero-order valence-electron chi connectivity index (χ0n) is 18.3. The second kappa shape index (κ2) is 10.7. The van der Waals surface area contributed by atoms with E-state index in [2.05, 4.69) is 5.32 Å². The molecule has 0 spiro atoms. The van der Waals surface area contributed by atoms with Gasteiger partial charge in [-0.2, -0.15) is 4.31 Å². The molecule has 1 heterocycles. The molecule has 0 aliphatic carbocycles. The van der Waals surface area contributed by atoms with E-state index in [1.54, 1.807) is 35.2 Å². The van der Waals surface area contributed by atoms with Crippen LogP contribution in [0.15, 0.2) is 35.2 Å². The summed E-state index contributed by atoms with van der Waals surface area (Å²) in [5.74, 6) is -0.0781. The lowest BCUT2D eigenvalue weighted by Crippen LogP contribution is -2.43. The summed E-state index contributed by atoms with van der Waals surface area (Å²) in [7, 11) is -3.49. The first-order valence-electron chi connectivity index (χ1n) is 10.6. The highest BCUT2D eigenvalue weighted by Crippen LogP contribution is 2.19. The molecule has 1 N–H and O–H groups in total. The Bertz CT molecular complexity index is 851. The number of hydrogen-bond acceptors (Lipinski definition) is 4. The summed E-state index contributed by atoms with van der Waals surface area (Å²) in [6.45, 7) is 9.45. The van der Waals surface area contributed by atoms with Crippen LogP contribution >= 0.6 is 0 Å². The van der Waals surface area contributed by atoms with Gasteiger partial charge in [0.2, 0.25) is 21.8 Å². The zero-order chi connectivity index (χ0) is 22.3. The molecule has 1 fully saturated rings. The fourth-order valence-electron chi connectivity index (χ4n) is 3.50. The molecule has 0 aromatic heterocycles. The molecule has 0 atom stereocenters. The van der Waals surface area contributed by atoms with E-state index in [-0.39, 0.29) is 28.7 Å². The summed E-state index contributed by atoms with van der Waals surface area (Å²) < 4.78 is 26.5. The van der Waals surface area contributed by atoms with E-state index in [0.717, 1.165) is 5.56 Å². The number of sulfonamides is 1. The summed E-state index contributed by atoms with van der Waals surface area (Å²) in [6, 6.07) is 6.65. The van der Waals surface area contributed by atoms with Gasteiger partial charge in [0.1, 0.15) is 0 Å². The van der Waals surface area contributed by atoms with Gasteiger partial charge in [-0.05, 0) is 50.5 Å². The molecular formula is C22H33N3O4S. The largest absolute Gasteiger partial charge is 0.354 e. The van der Waals surface area contributed by atoms with Crippen molar-refractivity contribution in [2.45, 2.75) is 51.5 Å². The minimum Gasteiger partial charge on any atom is -0.354 e. The first-order chi connectivity index (χ1) is 14.2. The van der Waals surface area contributed by atoms with Gasteiger partial charge in [0.15, 0.2) is 0 Å². The highest BCUT2D eigenvalue weighted by Gasteiger charge is 2.26. The summed E-state index contributed by atoms with van der Waals surface area (Å²) in [6.07, 6.45) is 4.52. The minimum absolute atomic E-state index is 0.0410. The second-order valence-corrected chi connectivity index (χ2v) is 9.69. The number of hydrogen-bond donors (Lipinski definition) is 1. The summed E-state index contributed by atoms with van der Waals surface area (Å²) in [4.78, 5) is 26.5. The second-order valence-electron chi connectivity index (χ2n) is 7.75. The third-order valence-corrected chi connectivity index (χ3v) is 7.31. The van der Waals surface area contributed by atoms with Crippen molar-refractivity contribution in [2.75, 3.05) is 26.2 Å². The number of benzene rings is 1. The number of carbonyl (C=O) groups excluding carboxylic acids is 2. The monoisotopic (exact) mass is 435 g/mol. The van der Waals surface area contributed by atoms with Crippen LogP contribution in [0.4, 0.5) is 0 Å². The van der Waals surface area contributed by atoms with Crippen LogP contribution in [0.5, 0.6) is 0 Å². The number of carbonyl (C=O) groups is 2. The number of amides is 2. The lowest BCUT2D eigenvalue weighted by Gasteiger charge is -2.31. The quantitative estimate of drug-likeness (QED) is 0.636. The first kappa shape index (κ1) is 24.1. The number of nitrogens with zero attached hydrogens (tertiary/aromatic N) is 2. The Morgan fingerprint density at radius 1 is 1.13 bits per heavy atom. The Labute approximate surface area is 180 Å². The minimum atomic E-state index is -3.49. The molecule has 2 amide bonds. The van der Waals surface area contributed by atoms with E-state index in [0.29, 0.717) is 39.0 Å². The summed E-state index contributed by atoms with van der Waals surface area (Å²) >= 11 is 0. The smallest absolute Gasteiger partial charge is 0.246 e. The molecule has 30 heavy (non-hydrogen) atoms. The van der Waals surface area contributed by atoms with Crippen LogP contribution < -0.4 is 5.32 Å². The molecule has 0 radical (unpaired) electrons. The lowest BCUT2D eigenvalue weighted by molar-refractivity contribution is -0.132. The molecule has 7 nitrogen and oxygen atoms in total. The van der Waals surface area contributed by atoms with Crippen molar-refractivity contribution in [1.29, 1.82) is 0 Å². The van der Waals surface area contributed by atoms with Gasteiger partial charge in [-0.25, -0.2) is 8.42 Å².